The van der Waals surface area contributed by atoms with E-state index in [1.165, 1.54) is 23.9 Å². The lowest BCUT2D eigenvalue weighted by atomic mass is 10.3. The van der Waals surface area contributed by atoms with Gasteiger partial charge in [-0.05, 0) is 42.1 Å². The van der Waals surface area contributed by atoms with Crippen molar-refractivity contribution in [1.82, 2.24) is 14.8 Å². The van der Waals surface area contributed by atoms with Gasteiger partial charge in [-0.3, -0.25) is 4.72 Å². The first-order valence-corrected chi connectivity index (χ1v) is 10.4. The van der Waals surface area contributed by atoms with Gasteiger partial charge in [0.25, 0.3) is 10.0 Å². The highest BCUT2D eigenvalue weighted by atomic mass is 79.9. The molecule has 0 radical (unpaired) electrons. The minimum absolute atomic E-state index is 0.0100. The summed E-state index contributed by atoms with van der Waals surface area (Å²) in [6.07, 6.45) is 1.58. The molecule has 1 aromatic heterocycles. The molecule has 0 aliphatic rings. The molecule has 130 valence electrons. The molecule has 0 aliphatic heterocycles. The van der Waals surface area contributed by atoms with E-state index in [9.17, 15) is 8.42 Å². The maximum Gasteiger partial charge on any atom is 0.263 e. The van der Waals surface area contributed by atoms with Crippen molar-refractivity contribution in [3.8, 4) is 0 Å². The van der Waals surface area contributed by atoms with Crippen LogP contribution in [0, 0.1) is 0 Å². The number of para-hydroxylation sites is 1. The fourth-order valence-electron chi connectivity index (χ4n) is 2.00. The Hall–Kier alpha value is -1.55. The predicted octanol–water partition coefficient (Wildman–Crippen LogP) is 4.18. The summed E-state index contributed by atoms with van der Waals surface area (Å²) in [5, 5.41) is 8.61. The van der Waals surface area contributed by atoms with Gasteiger partial charge in [0.2, 0.25) is 0 Å². The summed E-state index contributed by atoms with van der Waals surface area (Å²) in [5.41, 5.74) is 0.439. The van der Waals surface area contributed by atoms with Crippen LogP contribution >= 0.6 is 39.3 Å². The highest BCUT2D eigenvalue weighted by Gasteiger charge is 2.20. The molecular formula is C15H12BrClN4O2S2. The van der Waals surface area contributed by atoms with E-state index in [2.05, 4.69) is 30.8 Å². The molecular weight excluding hydrogens is 448 g/mol. The minimum Gasteiger partial charge on any atom is -0.311 e. The van der Waals surface area contributed by atoms with E-state index in [0.29, 0.717) is 20.2 Å². The molecule has 3 rings (SSSR count). The number of rotatable bonds is 5. The molecule has 0 atom stereocenters. The number of aryl methyl sites for hydroxylation is 1. The van der Waals surface area contributed by atoms with E-state index >= 15 is 0 Å². The monoisotopic (exact) mass is 458 g/mol. The van der Waals surface area contributed by atoms with Crippen molar-refractivity contribution in [3.63, 3.8) is 0 Å². The van der Waals surface area contributed by atoms with Gasteiger partial charge in [-0.25, -0.2) is 8.42 Å². The van der Waals surface area contributed by atoms with Crippen LogP contribution in [0.3, 0.4) is 0 Å². The number of anilines is 1. The van der Waals surface area contributed by atoms with Gasteiger partial charge in [-0.15, -0.1) is 10.2 Å². The number of hydrogen-bond acceptors (Lipinski definition) is 5. The molecule has 6 nitrogen and oxygen atoms in total. The molecule has 1 N–H and O–H groups in total. The molecule has 0 amide bonds. The highest BCUT2D eigenvalue weighted by Crippen LogP contribution is 2.34. The van der Waals surface area contributed by atoms with Gasteiger partial charge < -0.3 is 4.57 Å². The van der Waals surface area contributed by atoms with Crippen molar-refractivity contribution in [2.75, 3.05) is 4.72 Å². The standard InChI is InChI=1S/C15H12BrClN4O2S2/c1-21-9-18-19-15(21)24-13-5-3-2-4-12(13)20-25(22,23)14-7-6-10(16)8-11(14)17/h2-9,20H,1H3. The Balaban J connectivity index is 1.94. The topological polar surface area (TPSA) is 76.9 Å². The molecule has 0 fully saturated rings. The maximum absolute atomic E-state index is 12.7. The van der Waals surface area contributed by atoms with Gasteiger partial charge in [0, 0.05) is 16.4 Å². The Labute approximate surface area is 162 Å². The van der Waals surface area contributed by atoms with Crippen molar-refractivity contribution in [2.45, 2.75) is 14.9 Å². The Kier molecular flexibility index (Phi) is 5.38. The number of nitrogens with zero attached hydrogens (tertiary/aromatic N) is 3. The number of sulfonamides is 1. The number of aromatic nitrogens is 3. The van der Waals surface area contributed by atoms with E-state index in [-0.39, 0.29) is 9.92 Å². The van der Waals surface area contributed by atoms with Crippen LogP contribution in [0.4, 0.5) is 5.69 Å². The molecule has 0 spiro atoms. The summed E-state index contributed by atoms with van der Waals surface area (Å²) in [6.45, 7) is 0. The molecule has 10 heteroatoms. The second-order valence-corrected chi connectivity index (χ2v) is 8.99. The van der Waals surface area contributed by atoms with Crippen LogP contribution in [0.2, 0.25) is 5.02 Å². The first kappa shape index (κ1) is 18.2. The zero-order chi connectivity index (χ0) is 18.0. The van der Waals surface area contributed by atoms with Gasteiger partial charge >= 0.3 is 0 Å². The lowest BCUT2D eigenvalue weighted by Crippen LogP contribution is -2.14. The third-order valence-corrected chi connectivity index (χ3v) is 6.66. The van der Waals surface area contributed by atoms with Crippen LogP contribution in [-0.2, 0) is 17.1 Å². The van der Waals surface area contributed by atoms with Crippen LogP contribution < -0.4 is 4.72 Å². The Morgan fingerprint density at radius 2 is 2.00 bits per heavy atom. The van der Waals surface area contributed by atoms with Crippen molar-refractivity contribution < 1.29 is 8.42 Å². The Morgan fingerprint density at radius 1 is 1.24 bits per heavy atom. The van der Waals surface area contributed by atoms with Gasteiger partial charge in [-0.2, -0.15) is 0 Å². The first-order valence-electron chi connectivity index (χ1n) is 6.95. The van der Waals surface area contributed by atoms with E-state index in [1.807, 2.05) is 13.1 Å². The number of nitrogens with one attached hydrogen (secondary N) is 1. The fraction of sp³-hybridized carbons (Fsp3) is 0.0667. The molecule has 1 heterocycles. The SMILES string of the molecule is Cn1cnnc1Sc1ccccc1NS(=O)(=O)c1ccc(Br)cc1Cl. The summed E-state index contributed by atoms with van der Waals surface area (Å²) in [6, 6.07) is 11.7. The molecule has 0 unspecified atom stereocenters. The average Bonchev–Trinajstić information content (AvgIpc) is 2.93. The third-order valence-electron chi connectivity index (χ3n) is 3.19. The van der Waals surface area contributed by atoms with Crippen molar-refractivity contribution in [2.24, 2.45) is 7.05 Å². The number of hydrogen-bond donors (Lipinski definition) is 1. The van der Waals surface area contributed by atoms with Crippen molar-refractivity contribution in [1.29, 1.82) is 0 Å². The zero-order valence-corrected chi connectivity index (χ0v) is 16.8. The molecule has 0 saturated heterocycles. The van der Waals surface area contributed by atoms with Crippen LogP contribution in [0.1, 0.15) is 0 Å². The second-order valence-electron chi connectivity index (χ2n) is 5.00. The second kappa shape index (κ2) is 7.36. The summed E-state index contributed by atoms with van der Waals surface area (Å²) in [7, 11) is -2.02. The first-order chi connectivity index (χ1) is 11.9. The summed E-state index contributed by atoms with van der Waals surface area (Å²) >= 11 is 10.7. The summed E-state index contributed by atoms with van der Waals surface area (Å²) in [4.78, 5) is 0.714. The van der Waals surface area contributed by atoms with Gasteiger partial charge in [0.15, 0.2) is 5.16 Å². The zero-order valence-electron chi connectivity index (χ0n) is 12.8. The normalized spacial score (nSPS) is 11.5. The highest BCUT2D eigenvalue weighted by molar-refractivity contribution is 9.10. The van der Waals surface area contributed by atoms with Crippen LogP contribution in [0.15, 0.2) is 68.2 Å². The lowest BCUT2D eigenvalue weighted by Gasteiger charge is -2.13. The van der Waals surface area contributed by atoms with Gasteiger partial charge in [-0.1, -0.05) is 39.7 Å². The third kappa shape index (κ3) is 4.17. The number of halogens is 2. The van der Waals surface area contributed by atoms with Gasteiger partial charge in [0.05, 0.1) is 10.7 Å². The lowest BCUT2D eigenvalue weighted by molar-refractivity contribution is 0.601. The Morgan fingerprint density at radius 3 is 2.68 bits per heavy atom. The molecule has 0 bridgehead atoms. The molecule has 0 aliphatic carbocycles. The van der Waals surface area contributed by atoms with Crippen molar-refractivity contribution >= 4 is 55.0 Å². The average molecular weight is 460 g/mol. The molecule has 2 aromatic carbocycles. The van der Waals surface area contributed by atoms with E-state index in [4.69, 9.17) is 11.6 Å². The van der Waals surface area contributed by atoms with Crippen LogP contribution in [0.5, 0.6) is 0 Å². The molecule has 25 heavy (non-hydrogen) atoms. The van der Waals surface area contributed by atoms with Crippen LogP contribution in [0.25, 0.3) is 0 Å². The van der Waals surface area contributed by atoms with Gasteiger partial charge in [0.1, 0.15) is 11.2 Å². The predicted molar refractivity (Wildman–Crippen MR) is 102 cm³/mol. The number of benzene rings is 2. The molecule has 3 aromatic rings. The fourth-order valence-corrected chi connectivity index (χ4v) is 5.03. The quantitative estimate of drug-likeness (QED) is 0.619. The Bertz CT molecular complexity index is 1020. The maximum atomic E-state index is 12.7. The largest absolute Gasteiger partial charge is 0.311 e. The summed E-state index contributed by atoms with van der Waals surface area (Å²) < 4.78 is 30.4. The van der Waals surface area contributed by atoms with Crippen LogP contribution in [-0.4, -0.2) is 23.2 Å². The smallest absolute Gasteiger partial charge is 0.263 e. The van der Waals surface area contributed by atoms with E-state index in [1.54, 1.807) is 35.2 Å². The van der Waals surface area contributed by atoms with Crippen molar-refractivity contribution in [3.05, 3.63) is 58.3 Å². The van der Waals surface area contributed by atoms with E-state index in [0.717, 1.165) is 0 Å². The van der Waals surface area contributed by atoms with E-state index < -0.39 is 10.0 Å². The molecule has 0 saturated carbocycles. The minimum atomic E-state index is -3.83. The summed E-state index contributed by atoms with van der Waals surface area (Å²) in [5.74, 6) is 0.